The monoisotopic (exact) mass is 456 g/mol. The summed E-state index contributed by atoms with van der Waals surface area (Å²) in [5.41, 5.74) is 3.47. The number of nitrogens with zero attached hydrogens (tertiary/aromatic N) is 3. The molecule has 1 unspecified atom stereocenters. The smallest absolute Gasteiger partial charge is 0.256 e. The van der Waals surface area contributed by atoms with Gasteiger partial charge >= 0.3 is 0 Å². The third-order valence-electron chi connectivity index (χ3n) is 6.00. The number of thioether (sulfide) groups is 1. The van der Waals surface area contributed by atoms with Crippen LogP contribution < -0.4 is 5.32 Å². The van der Waals surface area contributed by atoms with Gasteiger partial charge in [-0.2, -0.15) is 5.10 Å². The maximum atomic E-state index is 13.3. The van der Waals surface area contributed by atoms with Crippen molar-refractivity contribution in [3.8, 4) is 0 Å². The fourth-order valence-corrected chi connectivity index (χ4v) is 6.30. The first-order chi connectivity index (χ1) is 14.8. The molecule has 0 spiro atoms. The van der Waals surface area contributed by atoms with Crippen molar-refractivity contribution in [2.75, 3.05) is 23.1 Å². The molecule has 0 bridgehead atoms. The summed E-state index contributed by atoms with van der Waals surface area (Å²) in [6.07, 6.45) is 4.65. The molecule has 2 aliphatic rings. The van der Waals surface area contributed by atoms with E-state index in [1.807, 2.05) is 43.5 Å². The van der Waals surface area contributed by atoms with Gasteiger partial charge in [0.1, 0.15) is 0 Å². The molecule has 3 heterocycles. The highest BCUT2D eigenvalue weighted by Crippen LogP contribution is 2.41. The number of anilines is 1. The minimum atomic E-state index is -3.06. The van der Waals surface area contributed by atoms with Gasteiger partial charge in [0.25, 0.3) is 5.91 Å². The highest BCUT2D eigenvalue weighted by Gasteiger charge is 2.34. The Morgan fingerprint density at radius 1 is 1.19 bits per heavy atom. The second kappa shape index (κ2) is 7.63. The van der Waals surface area contributed by atoms with Crippen LogP contribution in [0.3, 0.4) is 0 Å². The second-order valence-corrected chi connectivity index (χ2v) is 11.4. The molecule has 7 nitrogen and oxygen atoms in total. The molecule has 1 aromatic carbocycles. The molecule has 1 saturated heterocycles. The summed E-state index contributed by atoms with van der Waals surface area (Å²) in [5.74, 6) is 0.391. The highest BCUT2D eigenvalue weighted by atomic mass is 32.2. The first kappa shape index (κ1) is 20.5. The van der Waals surface area contributed by atoms with E-state index in [9.17, 15) is 13.2 Å². The molecule has 162 valence electrons. The lowest BCUT2D eigenvalue weighted by atomic mass is 10.1. The van der Waals surface area contributed by atoms with Gasteiger partial charge in [0.2, 0.25) is 0 Å². The zero-order valence-electron chi connectivity index (χ0n) is 17.5. The number of nitrogens with one attached hydrogen (secondary N) is 1. The van der Waals surface area contributed by atoms with Crippen molar-refractivity contribution in [2.45, 2.75) is 43.0 Å². The van der Waals surface area contributed by atoms with E-state index < -0.39 is 9.84 Å². The van der Waals surface area contributed by atoms with Crippen LogP contribution in [0.1, 0.15) is 53.0 Å². The fourth-order valence-electron chi connectivity index (χ4n) is 4.20. The number of aromatic nitrogens is 3. The van der Waals surface area contributed by atoms with E-state index in [2.05, 4.69) is 10.4 Å². The number of hydrogen-bond acceptors (Lipinski definition) is 6. The quantitative estimate of drug-likeness (QED) is 0.584. The van der Waals surface area contributed by atoms with E-state index in [4.69, 9.17) is 4.98 Å². The number of amides is 1. The Hall–Kier alpha value is -2.39. The lowest BCUT2D eigenvalue weighted by Crippen LogP contribution is -2.15. The Morgan fingerprint density at radius 2 is 1.94 bits per heavy atom. The minimum absolute atomic E-state index is 0.0713. The molecule has 1 saturated carbocycles. The molecule has 1 aliphatic heterocycles. The number of fused-ring (bicyclic) bond motifs is 1. The van der Waals surface area contributed by atoms with Gasteiger partial charge in [-0.3, -0.25) is 4.79 Å². The molecule has 9 heteroatoms. The molecule has 5 rings (SSSR count). The Labute approximate surface area is 185 Å². The summed E-state index contributed by atoms with van der Waals surface area (Å²) in [5, 5.41) is 8.34. The van der Waals surface area contributed by atoms with E-state index in [-0.39, 0.29) is 23.5 Å². The van der Waals surface area contributed by atoms with E-state index in [0.29, 0.717) is 34.6 Å². The number of hydrogen-bond donors (Lipinski definition) is 1. The number of rotatable bonds is 5. The average molecular weight is 457 g/mol. The van der Waals surface area contributed by atoms with E-state index in [1.54, 1.807) is 16.4 Å². The number of pyridine rings is 1. The topological polar surface area (TPSA) is 93.9 Å². The van der Waals surface area contributed by atoms with Gasteiger partial charge in [0.15, 0.2) is 15.5 Å². The lowest BCUT2D eigenvalue weighted by Gasteiger charge is -2.12. The van der Waals surface area contributed by atoms with Crippen molar-refractivity contribution in [3.05, 3.63) is 47.3 Å². The SMILES string of the molecule is CSc1ccc(NC(=O)c2cc(C3CC3)nc3c2c(C)nn3C2CCS(=O)(=O)C2)cc1. The Kier molecular flexibility index (Phi) is 5.05. The minimum Gasteiger partial charge on any atom is -0.322 e. The number of aryl methyl sites for hydroxylation is 1. The van der Waals surface area contributed by atoms with E-state index in [1.165, 1.54) is 0 Å². The van der Waals surface area contributed by atoms with Gasteiger partial charge in [-0.25, -0.2) is 18.1 Å². The van der Waals surface area contributed by atoms with Crippen LogP contribution in [0, 0.1) is 6.92 Å². The number of sulfone groups is 1. The Balaban J connectivity index is 1.57. The van der Waals surface area contributed by atoms with Crippen molar-refractivity contribution in [3.63, 3.8) is 0 Å². The molecule has 1 amide bonds. The largest absolute Gasteiger partial charge is 0.322 e. The first-order valence-corrected chi connectivity index (χ1v) is 13.4. The van der Waals surface area contributed by atoms with Gasteiger partial charge in [0.05, 0.1) is 34.2 Å². The van der Waals surface area contributed by atoms with Gasteiger partial charge in [-0.1, -0.05) is 0 Å². The van der Waals surface area contributed by atoms with Crippen molar-refractivity contribution in [1.29, 1.82) is 0 Å². The van der Waals surface area contributed by atoms with Crippen molar-refractivity contribution >= 4 is 44.2 Å². The lowest BCUT2D eigenvalue weighted by molar-refractivity contribution is 0.102. The average Bonchev–Trinajstić information content (AvgIpc) is 3.47. The summed E-state index contributed by atoms with van der Waals surface area (Å²) < 4.78 is 25.8. The van der Waals surface area contributed by atoms with E-state index in [0.717, 1.165) is 29.1 Å². The molecule has 1 atom stereocenters. The summed E-state index contributed by atoms with van der Waals surface area (Å²) in [6.45, 7) is 1.85. The summed E-state index contributed by atoms with van der Waals surface area (Å²) >= 11 is 1.65. The van der Waals surface area contributed by atoms with Gasteiger partial charge in [-0.15, -0.1) is 11.8 Å². The first-order valence-electron chi connectivity index (χ1n) is 10.4. The molecule has 1 N–H and O–H groups in total. The predicted octanol–water partition coefficient (Wildman–Crippen LogP) is 3.95. The third kappa shape index (κ3) is 3.96. The van der Waals surface area contributed by atoms with Crippen LogP contribution >= 0.6 is 11.8 Å². The van der Waals surface area contributed by atoms with Crippen molar-refractivity contribution in [1.82, 2.24) is 14.8 Å². The molecular formula is C22H24N4O3S2. The van der Waals surface area contributed by atoms with Crippen LogP contribution in [-0.2, 0) is 9.84 Å². The van der Waals surface area contributed by atoms with Crippen LogP contribution in [-0.4, -0.2) is 46.9 Å². The molecule has 31 heavy (non-hydrogen) atoms. The van der Waals surface area contributed by atoms with Crippen LogP contribution in [0.2, 0.25) is 0 Å². The van der Waals surface area contributed by atoms with E-state index >= 15 is 0 Å². The molecular weight excluding hydrogens is 432 g/mol. The fraction of sp³-hybridized carbons (Fsp3) is 0.409. The molecule has 2 aromatic heterocycles. The van der Waals surface area contributed by atoms with Crippen molar-refractivity contribution in [2.24, 2.45) is 0 Å². The molecule has 0 radical (unpaired) electrons. The summed E-state index contributed by atoms with van der Waals surface area (Å²) in [7, 11) is -3.06. The van der Waals surface area contributed by atoms with Gasteiger partial charge < -0.3 is 5.32 Å². The van der Waals surface area contributed by atoms with Crippen LogP contribution in [0.15, 0.2) is 35.2 Å². The molecule has 3 aromatic rings. The van der Waals surface area contributed by atoms with Crippen LogP contribution in [0.4, 0.5) is 5.69 Å². The number of carbonyl (C=O) groups excluding carboxylic acids is 1. The summed E-state index contributed by atoms with van der Waals surface area (Å²) in [4.78, 5) is 19.3. The maximum absolute atomic E-state index is 13.3. The Morgan fingerprint density at radius 3 is 2.55 bits per heavy atom. The zero-order chi connectivity index (χ0) is 21.8. The second-order valence-electron chi connectivity index (χ2n) is 8.34. The number of benzene rings is 1. The molecule has 2 fully saturated rings. The molecule has 1 aliphatic carbocycles. The van der Waals surface area contributed by atoms with Gasteiger partial charge in [-0.05, 0) is 62.8 Å². The summed E-state index contributed by atoms with van der Waals surface area (Å²) in [6, 6.07) is 9.38. The normalized spacial score (nSPS) is 20.3. The third-order valence-corrected chi connectivity index (χ3v) is 8.49. The highest BCUT2D eigenvalue weighted by molar-refractivity contribution is 7.98. The predicted molar refractivity (Wildman–Crippen MR) is 123 cm³/mol. The van der Waals surface area contributed by atoms with Crippen LogP contribution in [0.5, 0.6) is 0 Å². The van der Waals surface area contributed by atoms with Gasteiger partial charge in [0, 0.05) is 22.2 Å². The Bertz CT molecular complexity index is 1280. The maximum Gasteiger partial charge on any atom is 0.256 e. The standard InChI is InChI=1S/C22H24N4O3S2/c1-13-20-18(22(27)23-15-5-7-17(30-2)8-6-15)11-19(14-3-4-14)24-21(20)26(25-13)16-9-10-31(28,29)12-16/h5-8,11,14,16H,3-4,9-10,12H2,1-2H3,(H,23,27). The number of carbonyl (C=O) groups is 1. The zero-order valence-corrected chi connectivity index (χ0v) is 19.1. The van der Waals surface area contributed by atoms with Crippen LogP contribution in [0.25, 0.3) is 11.0 Å². The van der Waals surface area contributed by atoms with Crippen molar-refractivity contribution < 1.29 is 13.2 Å².